The number of aryl methyl sites for hydroxylation is 1. The molecular formula is C20H30N4O3. The predicted molar refractivity (Wildman–Crippen MR) is 105 cm³/mol. The van der Waals surface area contributed by atoms with Crippen molar-refractivity contribution in [3.63, 3.8) is 0 Å². The molecule has 1 aliphatic heterocycles. The highest BCUT2D eigenvalue weighted by molar-refractivity contribution is 5.90. The third-order valence-electron chi connectivity index (χ3n) is 5.40. The summed E-state index contributed by atoms with van der Waals surface area (Å²) < 4.78 is 0. The molecule has 0 radical (unpaired) electrons. The van der Waals surface area contributed by atoms with Gasteiger partial charge in [-0.25, -0.2) is 4.79 Å². The molecule has 7 heteroatoms. The molecule has 2 rings (SSSR count). The highest BCUT2D eigenvalue weighted by atomic mass is 16.2. The summed E-state index contributed by atoms with van der Waals surface area (Å²) in [7, 11) is 3.49. The number of carbonyl (C=O) groups is 3. The lowest BCUT2D eigenvalue weighted by atomic mass is 9.77. The number of likely N-dealkylation sites (tertiary alicyclic amines) is 1. The van der Waals surface area contributed by atoms with Crippen molar-refractivity contribution < 1.29 is 14.4 Å². The smallest absolute Gasteiger partial charge is 0.321 e. The van der Waals surface area contributed by atoms with Crippen LogP contribution in [0.3, 0.4) is 0 Å². The zero-order chi connectivity index (χ0) is 20.0. The highest BCUT2D eigenvalue weighted by Gasteiger charge is 2.40. The van der Waals surface area contributed by atoms with Crippen LogP contribution in [0.5, 0.6) is 0 Å². The summed E-state index contributed by atoms with van der Waals surface area (Å²) in [6.07, 6.45) is 3.24. The van der Waals surface area contributed by atoms with E-state index in [9.17, 15) is 14.4 Å². The fraction of sp³-hybridized carbons (Fsp3) is 0.550. The predicted octanol–water partition coefficient (Wildman–Crippen LogP) is 2.22. The minimum absolute atomic E-state index is 0.0892. The van der Waals surface area contributed by atoms with Crippen LogP contribution in [0, 0.1) is 5.41 Å². The van der Waals surface area contributed by atoms with Gasteiger partial charge in [-0.15, -0.1) is 0 Å². The number of anilines is 1. The summed E-state index contributed by atoms with van der Waals surface area (Å²) in [5, 5.41) is 2.88. The number of primary amides is 1. The van der Waals surface area contributed by atoms with Crippen molar-refractivity contribution in [2.24, 2.45) is 11.1 Å². The zero-order valence-electron chi connectivity index (χ0n) is 16.5. The highest BCUT2D eigenvalue weighted by Crippen LogP contribution is 2.33. The maximum atomic E-state index is 12.6. The van der Waals surface area contributed by atoms with Gasteiger partial charge < -0.3 is 20.9 Å². The Balaban J connectivity index is 1.93. The minimum atomic E-state index is -0.627. The minimum Gasteiger partial charge on any atom is -0.369 e. The van der Waals surface area contributed by atoms with Crippen molar-refractivity contribution in [1.82, 2.24) is 9.80 Å². The van der Waals surface area contributed by atoms with Crippen molar-refractivity contribution in [2.75, 3.05) is 32.5 Å². The van der Waals surface area contributed by atoms with Crippen LogP contribution in [-0.2, 0) is 16.0 Å². The van der Waals surface area contributed by atoms with Crippen molar-refractivity contribution in [1.29, 1.82) is 0 Å². The fourth-order valence-electron chi connectivity index (χ4n) is 3.40. The van der Waals surface area contributed by atoms with Gasteiger partial charge in [0.2, 0.25) is 11.8 Å². The molecule has 0 spiro atoms. The third kappa shape index (κ3) is 5.21. The molecule has 1 heterocycles. The van der Waals surface area contributed by atoms with Crippen LogP contribution in [-0.4, -0.2) is 54.8 Å². The van der Waals surface area contributed by atoms with Crippen molar-refractivity contribution in [2.45, 2.75) is 39.0 Å². The molecule has 0 aliphatic carbocycles. The lowest BCUT2D eigenvalue weighted by molar-refractivity contribution is -0.130. The number of piperidine rings is 1. The lowest BCUT2D eigenvalue weighted by Crippen LogP contribution is -2.52. The zero-order valence-corrected chi connectivity index (χ0v) is 16.5. The van der Waals surface area contributed by atoms with Gasteiger partial charge in [-0.3, -0.25) is 9.59 Å². The molecule has 1 atom stereocenters. The summed E-state index contributed by atoms with van der Waals surface area (Å²) >= 11 is 0. The number of nitrogens with zero attached hydrogens (tertiary/aromatic N) is 2. The fourth-order valence-corrected chi connectivity index (χ4v) is 3.40. The van der Waals surface area contributed by atoms with E-state index in [4.69, 9.17) is 5.73 Å². The Hall–Kier alpha value is -2.57. The van der Waals surface area contributed by atoms with E-state index < -0.39 is 5.41 Å². The number of nitrogens with two attached hydrogens (primary N) is 1. The Morgan fingerprint density at radius 2 is 1.89 bits per heavy atom. The Kier molecular flexibility index (Phi) is 6.82. The van der Waals surface area contributed by atoms with Gasteiger partial charge in [0.15, 0.2) is 0 Å². The first kappa shape index (κ1) is 20.7. The Morgan fingerprint density at radius 3 is 2.44 bits per heavy atom. The van der Waals surface area contributed by atoms with Crippen LogP contribution in [0.25, 0.3) is 0 Å². The van der Waals surface area contributed by atoms with Crippen LogP contribution in [0.2, 0.25) is 0 Å². The van der Waals surface area contributed by atoms with E-state index in [1.807, 2.05) is 31.2 Å². The largest absolute Gasteiger partial charge is 0.369 e. The molecule has 1 aromatic carbocycles. The SMILES string of the molecule is CCC1(C(N)=O)CCCN(C(=O)Nc2ccc(CCC(=O)N(C)C)cc2)C1. The number of carbonyl (C=O) groups excluding carboxylic acids is 3. The van der Waals surface area contributed by atoms with E-state index in [2.05, 4.69) is 5.32 Å². The molecule has 1 aliphatic rings. The maximum absolute atomic E-state index is 12.6. The van der Waals surface area contributed by atoms with Gasteiger partial charge in [0.25, 0.3) is 0 Å². The van der Waals surface area contributed by atoms with Crippen LogP contribution < -0.4 is 11.1 Å². The van der Waals surface area contributed by atoms with Gasteiger partial charge >= 0.3 is 6.03 Å². The molecule has 0 aromatic heterocycles. The summed E-state index contributed by atoms with van der Waals surface area (Å²) in [5.41, 5.74) is 6.69. The molecule has 1 fully saturated rings. The topological polar surface area (TPSA) is 95.7 Å². The molecule has 4 amide bonds. The van der Waals surface area contributed by atoms with Gasteiger partial charge in [-0.05, 0) is 43.4 Å². The van der Waals surface area contributed by atoms with Crippen molar-refractivity contribution >= 4 is 23.5 Å². The van der Waals surface area contributed by atoms with Crippen LogP contribution >= 0.6 is 0 Å². The number of amides is 4. The van der Waals surface area contributed by atoms with Crippen molar-refractivity contribution in [3.05, 3.63) is 29.8 Å². The van der Waals surface area contributed by atoms with E-state index in [0.717, 1.165) is 18.4 Å². The quantitative estimate of drug-likeness (QED) is 0.799. The Morgan fingerprint density at radius 1 is 1.22 bits per heavy atom. The van der Waals surface area contributed by atoms with E-state index in [-0.39, 0.29) is 17.8 Å². The van der Waals surface area contributed by atoms with Crippen LogP contribution in [0.4, 0.5) is 10.5 Å². The molecule has 27 heavy (non-hydrogen) atoms. The first-order chi connectivity index (χ1) is 12.8. The van der Waals surface area contributed by atoms with Gasteiger partial charge in [0.05, 0.1) is 5.41 Å². The Bertz CT molecular complexity index is 687. The number of benzene rings is 1. The summed E-state index contributed by atoms with van der Waals surface area (Å²) in [6, 6.07) is 7.27. The second-order valence-electron chi connectivity index (χ2n) is 7.44. The molecule has 1 unspecified atom stereocenters. The summed E-state index contributed by atoms with van der Waals surface area (Å²) in [4.78, 5) is 39.3. The summed E-state index contributed by atoms with van der Waals surface area (Å²) in [6.45, 7) is 2.91. The second-order valence-corrected chi connectivity index (χ2v) is 7.44. The van der Waals surface area contributed by atoms with E-state index in [0.29, 0.717) is 38.0 Å². The van der Waals surface area contributed by atoms with Crippen LogP contribution in [0.15, 0.2) is 24.3 Å². The molecule has 7 nitrogen and oxygen atoms in total. The number of hydrogen-bond acceptors (Lipinski definition) is 3. The molecule has 0 bridgehead atoms. The van der Waals surface area contributed by atoms with Gasteiger partial charge in [0.1, 0.15) is 0 Å². The molecule has 0 saturated carbocycles. The number of urea groups is 1. The van der Waals surface area contributed by atoms with Crippen LogP contribution in [0.1, 0.15) is 38.2 Å². The van der Waals surface area contributed by atoms with Gasteiger partial charge in [-0.2, -0.15) is 0 Å². The summed E-state index contributed by atoms with van der Waals surface area (Å²) in [5.74, 6) is -0.245. The molecule has 1 aromatic rings. The first-order valence-corrected chi connectivity index (χ1v) is 9.42. The van der Waals surface area contributed by atoms with Gasteiger partial charge in [0, 0.05) is 39.3 Å². The van der Waals surface area contributed by atoms with E-state index in [1.54, 1.807) is 23.9 Å². The molecular weight excluding hydrogens is 344 g/mol. The lowest BCUT2D eigenvalue weighted by Gasteiger charge is -2.40. The average Bonchev–Trinajstić information content (AvgIpc) is 2.66. The standard InChI is InChI=1S/C20H30N4O3/c1-4-20(18(21)26)12-5-13-24(14-20)19(27)22-16-9-6-15(7-10-16)8-11-17(25)23(2)3/h6-7,9-10H,4-5,8,11-14H2,1-3H3,(H2,21,26)(H,22,27). The van der Waals surface area contributed by atoms with E-state index >= 15 is 0 Å². The number of nitrogens with one attached hydrogen (secondary N) is 1. The number of hydrogen-bond donors (Lipinski definition) is 2. The number of rotatable bonds is 6. The van der Waals surface area contributed by atoms with Crippen molar-refractivity contribution in [3.8, 4) is 0 Å². The van der Waals surface area contributed by atoms with E-state index in [1.165, 1.54) is 0 Å². The third-order valence-corrected chi connectivity index (χ3v) is 5.40. The first-order valence-electron chi connectivity index (χ1n) is 9.42. The normalized spacial score (nSPS) is 19.4. The average molecular weight is 374 g/mol. The molecule has 148 valence electrons. The monoisotopic (exact) mass is 374 g/mol. The molecule has 1 saturated heterocycles. The maximum Gasteiger partial charge on any atom is 0.321 e. The molecule has 3 N–H and O–H groups in total. The Labute approximate surface area is 160 Å². The van der Waals surface area contributed by atoms with Gasteiger partial charge in [-0.1, -0.05) is 19.1 Å². The second kappa shape index (κ2) is 8.88.